The fourth-order valence-electron chi connectivity index (χ4n) is 1.77. The van der Waals surface area contributed by atoms with Crippen LogP contribution < -0.4 is 16.8 Å². The maximum atomic E-state index is 10.1. The smallest absolute Gasteiger partial charge is 0.128 e. The van der Waals surface area contributed by atoms with Crippen molar-refractivity contribution in [1.29, 1.82) is 0 Å². The lowest BCUT2D eigenvalue weighted by atomic mass is 9.96. The molecule has 1 aromatic rings. The van der Waals surface area contributed by atoms with E-state index in [-0.39, 0.29) is 5.75 Å². The molecule has 6 N–H and O–H groups in total. The summed E-state index contributed by atoms with van der Waals surface area (Å²) in [5.41, 5.74) is 15.3. The first kappa shape index (κ1) is 10.4. The van der Waals surface area contributed by atoms with Crippen molar-refractivity contribution in [2.45, 2.75) is 13.8 Å². The van der Waals surface area contributed by atoms with Crippen LogP contribution >= 0.6 is 0 Å². The maximum Gasteiger partial charge on any atom is 0.128 e. The third-order valence-corrected chi connectivity index (χ3v) is 2.91. The number of nitrogens with two attached hydrogens (primary N) is 2. The van der Waals surface area contributed by atoms with Gasteiger partial charge in [-0.25, -0.2) is 0 Å². The molecule has 0 fully saturated rings. The van der Waals surface area contributed by atoms with Crippen LogP contribution in [0.15, 0.2) is 18.1 Å². The Balaban J connectivity index is 2.82. The van der Waals surface area contributed by atoms with Crippen LogP contribution in [-0.2, 0) is 0 Å². The Morgan fingerprint density at radius 1 is 1.25 bits per heavy atom. The molecular formula is C12H15N3O. The normalized spacial score (nSPS) is 14.4. The van der Waals surface area contributed by atoms with Gasteiger partial charge in [-0.2, -0.15) is 0 Å². The summed E-state index contributed by atoms with van der Waals surface area (Å²) >= 11 is 0. The van der Waals surface area contributed by atoms with Crippen LogP contribution in [0.3, 0.4) is 0 Å². The van der Waals surface area contributed by atoms with Gasteiger partial charge < -0.3 is 21.9 Å². The van der Waals surface area contributed by atoms with Gasteiger partial charge in [-0.05, 0) is 36.6 Å². The number of nitrogens with one attached hydrogen (secondary N) is 1. The molecule has 0 aliphatic carbocycles. The van der Waals surface area contributed by atoms with Crippen molar-refractivity contribution >= 4 is 11.8 Å². The zero-order chi connectivity index (χ0) is 11.9. The van der Waals surface area contributed by atoms with E-state index in [1.165, 1.54) is 0 Å². The minimum atomic E-state index is 0.198. The summed E-state index contributed by atoms with van der Waals surface area (Å²) in [5, 5.41) is 13.0. The predicted molar refractivity (Wildman–Crippen MR) is 65.0 cm³/mol. The highest BCUT2D eigenvalue weighted by Gasteiger charge is 2.17. The molecule has 16 heavy (non-hydrogen) atoms. The highest BCUT2D eigenvalue weighted by atomic mass is 16.3. The van der Waals surface area contributed by atoms with Gasteiger partial charge in [0.15, 0.2) is 0 Å². The van der Waals surface area contributed by atoms with Crippen molar-refractivity contribution in [2.75, 3.05) is 0 Å². The lowest BCUT2D eigenvalue weighted by Gasteiger charge is -2.13. The van der Waals surface area contributed by atoms with E-state index in [9.17, 15) is 5.11 Å². The van der Waals surface area contributed by atoms with Gasteiger partial charge in [0.25, 0.3) is 0 Å². The van der Waals surface area contributed by atoms with Crippen molar-refractivity contribution in [3.8, 4) is 5.75 Å². The molecule has 0 saturated carbocycles. The summed E-state index contributed by atoms with van der Waals surface area (Å²) in [7, 11) is 0. The van der Waals surface area contributed by atoms with Crippen molar-refractivity contribution in [3.05, 3.63) is 40.3 Å². The molecule has 4 heteroatoms. The molecule has 1 aliphatic rings. The van der Waals surface area contributed by atoms with E-state index in [1.54, 1.807) is 6.20 Å². The molecule has 1 aliphatic heterocycles. The third kappa shape index (κ3) is 1.39. The molecule has 1 aromatic carbocycles. The van der Waals surface area contributed by atoms with Gasteiger partial charge >= 0.3 is 0 Å². The fraction of sp³-hybridized carbons (Fsp3) is 0.167. The number of benzene rings is 1. The highest BCUT2D eigenvalue weighted by molar-refractivity contribution is 5.81. The summed E-state index contributed by atoms with van der Waals surface area (Å²) in [4.78, 5) is 0. The number of phenolic OH excluding ortho intramolecular Hbond substituents is 1. The maximum absolute atomic E-state index is 10.1. The fourth-order valence-corrected chi connectivity index (χ4v) is 1.77. The van der Waals surface area contributed by atoms with Gasteiger partial charge in [-0.1, -0.05) is 6.07 Å². The number of phenols is 1. The molecule has 0 aromatic heterocycles. The van der Waals surface area contributed by atoms with E-state index in [2.05, 4.69) is 5.32 Å². The van der Waals surface area contributed by atoms with E-state index < -0.39 is 0 Å². The van der Waals surface area contributed by atoms with E-state index in [0.29, 0.717) is 17.1 Å². The number of hydrogen-bond acceptors (Lipinski definition) is 4. The molecule has 1 heterocycles. The molecule has 0 saturated heterocycles. The van der Waals surface area contributed by atoms with Gasteiger partial charge in [0, 0.05) is 6.20 Å². The van der Waals surface area contributed by atoms with Crippen LogP contribution in [-0.4, -0.2) is 5.11 Å². The lowest BCUT2D eigenvalue weighted by Crippen LogP contribution is -2.18. The Labute approximate surface area is 94.3 Å². The summed E-state index contributed by atoms with van der Waals surface area (Å²) in [6, 6.07) is 1.98. The quantitative estimate of drug-likeness (QED) is 0.525. The molecule has 0 spiro atoms. The molecule has 4 nitrogen and oxygen atoms in total. The van der Waals surface area contributed by atoms with Crippen LogP contribution in [0.2, 0.25) is 0 Å². The van der Waals surface area contributed by atoms with Crippen molar-refractivity contribution in [3.63, 3.8) is 0 Å². The molecule has 84 valence electrons. The Bertz CT molecular complexity index is 515. The van der Waals surface area contributed by atoms with Gasteiger partial charge in [0.1, 0.15) is 11.6 Å². The molecule has 0 radical (unpaired) electrons. The first-order chi connectivity index (χ1) is 7.52. The number of aromatic hydroxyl groups is 1. The molecule has 0 atom stereocenters. The minimum absolute atomic E-state index is 0.198. The topological polar surface area (TPSA) is 84.3 Å². The van der Waals surface area contributed by atoms with E-state index in [0.717, 1.165) is 16.7 Å². The number of hydrogen-bond donors (Lipinski definition) is 4. The molecule has 0 unspecified atom stereocenters. The van der Waals surface area contributed by atoms with E-state index in [4.69, 9.17) is 11.5 Å². The van der Waals surface area contributed by atoms with Crippen LogP contribution in [0.1, 0.15) is 22.3 Å². The predicted octanol–water partition coefficient (Wildman–Crippen LogP) is 1.13. The van der Waals surface area contributed by atoms with Crippen molar-refractivity contribution in [2.24, 2.45) is 11.5 Å². The molecule has 2 rings (SSSR count). The Morgan fingerprint density at radius 3 is 2.62 bits per heavy atom. The van der Waals surface area contributed by atoms with Crippen molar-refractivity contribution in [1.82, 2.24) is 5.32 Å². The Hall–Kier alpha value is -2.10. The second kappa shape index (κ2) is 3.48. The second-order valence-corrected chi connectivity index (χ2v) is 3.94. The highest BCUT2D eigenvalue weighted by Crippen LogP contribution is 2.34. The Morgan fingerprint density at radius 2 is 1.94 bits per heavy atom. The third-order valence-electron chi connectivity index (χ3n) is 2.91. The standard InChI is InChI=1S/C12H15N3O/c1-6-5-8-3-4-15-12(14)10(13)9(8)11(16)7(6)2/h3-5,15-16H,13-14H2,1-2H3. The zero-order valence-electron chi connectivity index (χ0n) is 9.33. The van der Waals surface area contributed by atoms with Crippen molar-refractivity contribution < 1.29 is 5.11 Å². The van der Waals surface area contributed by atoms with Crippen LogP contribution in [0, 0.1) is 13.8 Å². The molecular weight excluding hydrogens is 202 g/mol. The number of rotatable bonds is 0. The summed E-state index contributed by atoms with van der Waals surface area (Å²) in [5.74, 6) is 0.553. The first-order valence-corrected chi connectivity index (χ1v) is 5.04. The average Bonchev–Trinajstić information content (AvgIpc) is 2.37. The van der Waals surface area contributed by atoms with Crippen LogP contribution in [0.4, 0.5) is 0 Å². The average molecular weight is 217 g/mol. The van der Waals surface area contributed by atoms with Gasteiger partial charge in [0.05, 0.1) is 11.3 Å². The largest absolute Gasteiger partial charge is 0.507 e. The van der Waals surface area contributed by atoms with Crippen LogP contribution in [0.25, 0.3) is 11.8 Å². The van der Waals surface area contributed by atoms with Gasteiger partial charge in [-0.15, -0.1) is 0 Å². The Kier molecular flexibility index (Phi) is 2.27. The minimum Gasteiger partial charge on any atom is -0.507 e. The zero-order valence-corrected chi connectivity index (χ0v) is 9.33. The van der Waals surface area contributed by atoms with Gasteiger partial charge in [0.2, 0.25) is 0 Å². The number of fused-ring (bicyclic) bond motifs is 1. The SMILES string of the molecule is Cc1cc2c(c(O)c1C)C(N)=C(N)NC=C2. The summed E-state index contributed by atoms with van der Waals surface area (Å²) in [6.45, 7) is 3.81. The van der Waals surface area contributed by atoms with E-state index >= 15 is 0 Å². The molecule has 0 amide bonds. The van der Waals surface area contributed by atoms with E-state index in [1.807, 2.05) is 26.0 Å². The second-order valence-electron chi connectivity index (χ2n) is 3.94. The number of aryl methyl sites for hydroxylation is 1. The summed E-state index contributed by atoms with van der Waals surface area (Å²) in [6.07, 6.45) is 3.55. The van der Waals surface area contributed by atoms with Crippen LogP contribution in [0.5, 0.6) is 5.75 Å². The van der Waals surface area contributed by atoms with Gasteiger partial charge in [-0.3, -0.25) is 0 Å². The first-order valence-electron chi connectivity index (χ1n) is 5.04. The summed E-state index contributed by atoms with van der Waals surface area (Å²) < 4.78 is 0. The lowest BCUT2D eigenvalue weighted by molar-refractivity contribution is 0.468. The molecule has 0 bridgehead atoms. The monoisotopic (exact) mass is 217 g/mol.